The number of ether oxygens (including phenoxy) is 1. The summed E-state index contributed by atoms with van der Waals surface area (Å²) in [5.74, 6) is -0.323. The Kier molecular flexibility index (Phi) is 4.07. The first-order valence-corrected chi connectivity index (χ1v) is 7.20. The molecule has 0 saturated carbocycles. The van der Waals surface area contributed by atoms with Crippen molar-refractivity contribution >= 4 is 22.6 Å². The molecule has 8 heteroatoms. The average molecular weight is 308 g/mol. The van der Waals surface area contributed by atoms with Crippen molar-refractivity contribution < 1.29 is 13.9 Å². The van der Waals surface area contributed by atoms with Crippen molar-refractivity contribution in [2.24, 2.45) is 0 Å². The second kappa shape index (κ2) is 6.15. The molecule has 0 spiro atoms. The molecule has 2 heterocycles. The maximum Gasteiger partial charge on any atom is 0.322 e. The number of urea groups is 1. The van der Waals surface area contributed by atoms with E-state index >= 15 is 0 Å². The standard InChI is InChI=1S/C13H13FN4O2S/c14-10-4-2-1-3-9(10)11-8-18(5-6-20-11)13(19)16-12-7-15-17-21-12/h1-4,7,11H,5-6,8H2,(H,16,19). The van der Waals surface area contributed by atoms with Crippen molar-refractivity contribution in [1.29, 1.82) is 0 Å². The summed E-state index contributed by atoms with van der Waals surface area (Å²) in [4.78, 5) is 13.7. The Labute approximate surface area is 124 Å². The van der Waals surface area contributed by atoms with Gasteiger partial charge in [-0.15, -0.1) is 5.10 Å². The lowest BCUT2D eigenvalue weighted by Crippen LogP contribution is -2.44. The molecule has 6 nitrogen and oxygen atoms in total. The maximum absolute atomic E-state index is 13.8. The Hall–Kier alpha value is -2.06. The number of hydrogen-bond donors (Lipinski definition) is 1. The van der Waals surface area contributed by atoms with E-state index in [1.165, 1.54) is 12.3 Å². The highest BCUT2D eigenvalue weighted by atomic mass is 32.1. The number of rotatable bonds is 2. The Morgan fingerprint density at radius 2 is 2.33 bits per heavy atom. The van der Waals surface area contributed by atoms with E-state index in [2.05, 4.69) is 14.9 Å². The maximum atomic E-state index is 13.8. The summed E-state index contributed by atoms with van der Waals surface area (Å²) in [7, 11) is 0. The second-order valence-corrected chi connectivity index (χ2v) is 5.32. The van der Waals surface area contributed by atoms with Gasteiger partial charge in [0.15, 0.2) is 0 Å². The number of halogens is 1. The Morgan fingerprint density at radius 3 is 3.10 bits per heavy atom. The third kappa shape index (κ3) is 3.17. The van der Waals surface area contributed by atoms with Crippen LogP contribution in [0.3, 0.4) is 0 Å². The SMILES string of the molecule is O=C(Nc1cnns1)N1CCOC(c2ccccc2F)C1. The number of benzene rings is 1. The van der Waals surface area contributed by atoms with Gasteiger partial charge in [-0.05, 0) is 6.07 Å². The normalized spacial score (nSPS) is 18.5. The lowest BCUT2D eigenvalue weighted by atomic mass is 10.1. The fourth-order valence-electron chi connectivity index (χ4n) is 2.16. The molecule has 0 radical (unpaired) electrons. The Bertz CT molecular complexity index is 622. The van der Waals surface area contributed by atoms with Gasteiger partial charge in [0, 0.05) is 23.6 Å². The molecule has 2 aromatic rings. The highest BCUT2D eigenvalue weighted by Gasteiger charge is 2.27. The molecule has 1 aromatic heterocycles. The zero-order chi connectivity index (χ0) is 14.7. The fraction of sp³-hybridized carbons (Fsp3) is 0.308. The van der Waals surface area contributed by atoms with E-state index < -0.39 is 6.10 Å². The zero-order valence-corrected chi connectivity index (χ0v) is 11.8. The van der Waals surface area contributed by atoms with Gasteiger partial charge in [-0.2, -0.15) is 0 Å². The molecule has 1 aromatic carbocycles. The van der Waals surface area contributed by atoms with Crippen LogP contribution in [0.2, 0.25) is 0 Å². The van der Waals surface area contributed by atoms with E-state index in [4.69, 9.17) is 4.74 Å². The summed E-state index contributed by atoms with van der Waals surface area (Å²) in [6.45, 7) is 1.13. The molecule has 1 atom stereocenters. The number of carbonyl (C=O) groups excluding carboxylic acids is 1. The van der Waals surface area contributed by atoms with Crippen LogP contribution in [0, 0.1) is 5.82 Å². The van der Waals surface area contributed by atoms with Crippen molar-refractivity contribution in [2.75, 3.05) is 25.0 Å². The van der Waals surface area contributed by atoms with Crippen molar-refractivity contribution in [3.05, 3.63) is 41.8 Å². The van der Waals surface area contributed by atoms with Crippen molar-refractivity contribution in [3.8, 4) is 0 Å². The summed E-state index contributed by atoms with van der Waals surface area (Å²) in [6, 6.07) is 6.19. The number of hydrogen-bond acceptors (Lipinski definition) is 5. The van der Waals surface area contributed by atoms with E-state index in [0.29, 0.717) is 30.3 Å². The monoisotopic (exact) mass is 308 g/mol. The van der Waals surface area contributed by atoms with Crippen LogP contribution in [0.1, 0.15) is 11.7 Å². The van der Waals surface area contributed by atoms with Crippen LogP contribution >= 0.6 is 11.5 Å². The van der Waals surface area contributed by atoms with Gasteiger partial charge in [-0.1, -0.05) is 22.7 Å². The van der Waals surface area contributed by atoms with Gasteiger partial charge in [-0.25, -0.2) is 9.18 Å². The summed E-state index contributed by atoms with van der Waals surface area (Å²) in [5, 5.41) is 6.94. The smallest absolute Gasteiger partial charge is 0.322 e. The number of nitrogens with one attached hydrogen (secondary N) is 1. The molecule has 3 rings (SSSR count). The van der Waals surface area contributed by atoms with E-state index in [1.807, 2.05) is 0 Å². The highest BCUT2D eigenvalue weighted by molar-refractivity contribution is 7.10. The molecule has 2 amide bonds. The fourth-order valence-corrected chi connectivity index (χ4v) is 2.57. The molecule has 1 saturated heterocycles. The van der Waals surface area contributed by atoms with Crippen LogP contribution in [0.4, 0.5) is 14.2 Å². The molecular weight excluding hydrogens is 295 g/mol. The zero-order valence-electron chi connectivity index (χ0n) is 11.0. The number of morpholine rings is 1. The van der Waals surface area contributed by atoms with Crippen molar-refractivity contribution in [3.63, 3.8) is 0 Å². The first kappa shape index (κ1) is 13.9. The molecule has 1 aliphatic rings. The van der Waals surface area contributed by atoms with Crippen LogP contribution in [0.25, 0.3) is 0 Å². The molecular formula is C13H13FN4O2S. The van der Waals surface area contributed by atoms with E-state index in [9.17, 15) is 9.18 Å². The first-order chi connectivity index (χ1) is 10.2. The minimum absolute atomic E-state index is 0.259. The quantitative estimate of drug-likeness (QED) is 0.924. The summed E-state index contributed by atoms with van der Waals surface area (Å²) >= 11 is 1.10. The highest BCUT2D eigenvalue weighted by Crippen LogP contribution is 2.25. The summed E-state index contributed by atoms with van der Waals surface area (Å²) in [5.41, 5.74) is 0.467. The predicted octanol–water partition coefficient (Wildman–Crippen LogP) is 2.28. The van der Waals surface area contributed by atoms with Crippen LogP contribution < -0.4 is 5.32 Å². The molecule has 0 aliphatic carbocycles. The van der Waals surface area contributed by atoms with E-state index in [-0.39, 0.29) is 11.8 Å². The number of carbonyl (C=O) groups is 1. The van der Waals surface area contributed by atoms with Gasteiger partial charge in [0.05, 0.1) is 19.3 Å². The second-order valence-electron chi connectivity index (χ2n) is 4.54. The number of aromatic nitrogens is 2. The van der Waals surface area contributed by atoms with Crippen LogP contribution in [0.5, 0.6) is 0 Å². The number of nitrogens with zero attached hydrogens (tertiary/aromatic N) is 3. The van der Waals surface area contributed by atoms with E-state index in [1.54, 1.807) is 23.1 Å². The largest absolute Gasteiger partial charge is 0.370 e. The number of amides is 2. The third-order valence-electron chi connectivity index (χ3n) is 3.20. The molecule has 1 aliphatic heterocycles. The summed E-state index contributed by atoms with van der Waals surface area (Å²) in [6.07, 6.45) is 1.03. The van der Waals surface area contributed by atoms with Crippen molar-refractivity contribution in [1.82, 2.24) is 14.5 Å². The van der Waals surface area contributed by atoms with Gasteiger partial charge in [0.1, 0.15) is 16.9 Å². The van der Waals surface area contributed by atoms with Gasteiger partial charge in [0.2, 0.25) is 0 Å². The lowest BCUT2D eigenvalue weighted by molar-refractivity contribution is -0.0152. The molecule has 110 valence electrons. The van der Waals surface area contributed by atoms with Gasteiger partial charge in [-0.3, -0.25) is 5.32 Å². The van der Waals surface area contributed by atoms with Gasteiger partial charge < -0.3 is 9.64 Å². The van der Waals surface area contributed by atoms with E-state index in [0.717, 1.165) is 11.5 Å². The molecule has 0 bridgehead atoms. The molecule has 21 heavy (non-hydrogen) atoms. The average Bonchev–Trinajstić information content (AvgIpc) is 3.01. The first-order valence-electron chi connectivity index (χ1n) is 6.43. The van der Waals surface area contributed by atoms with Gasteiger partial charge in [0.25, 0.3) is 0 Å². The predicted molar refractivity (Wildman–Crippen MR) is 75.6 cm³/mol. The molecule has 1 fully saturated rings. The minimum Gasteiger partial charge on any atom is -0.370 e. The Morgan fingerprint density at radius 1 is 1.48 bits per heavy atom. The third-order valence-corrected chi connectivity index (χ3v) is 3.78. The number of anilines is 1. The van der Waals surface area contributed by atoms with Crippen LogP contribution in [0.15, 0.2) is 30.5 Å². The lowest BCUT2D eigenvalue weighted by Gasteiger charge is -2.33. The van der Waals surface area contributed by atoms with Crippen LogP contribution in [-0.2, 0) is 4.74 Å². The van der Waals surface area contributed by atoms with Crippen LogP contribution in [-0.4, -0.2) is 40.2 Å². The van der Waals surface area contributed by atoms with Crippen molar-refractivity contribution in [2.45, 2.75) is 6.10 Å². The molecule has 1 N–H and O–H groups in total. The summed E-state index contributed by atoms with van der Waals surface area (Å²) < 4.78 is 23.0. The Balaban J connectivity index is 1.68. The van der Waals surface area contributed by atoms with Gasteiger partial charge >= 0.3 is 6.03 Å². The molecule has 1 unspecified atom stereocenters. The topological polar surface area (TPSA) is 67.4 Å². The minimum atomic E-state index is -0.453.